The first kappa shape index (κ1) is 40.9. The molecule has 0 saturated heterocycles. The van der Waals surface area contributed by atoms with Crippen LogP contribution in [0.1, 0.15) is 114 Å². The Bertz CT molecular complexity index is 662. The zero-order valence-corrected chi connectivity index (χ0v) is 35.7. The fourth-order valence-electron chi connectivity index (χ4n) is 4.08. The molecule has 242 valence electrons. The fraction of sp³-hybridized carbons (Fsp3) is 1.00. The largest absolute Gasteiger partial charge is 0.469 e. The quantitative estimate of drug-likeness (QED) is 0.109. The summed E-state index contributed by atoms with van der Waals surface area (Å²) in [4.78, 5) is 0. The summed E-state index contributed by atoms with van der Waals surface area (Å²) < 4.78 is 28.4. The molecule has 0 unspecified atom stereocenters. The topological polar surface area (TPSA) is 36.9 Å². The molecule has 0 radical (unpaired) electrons. The minimum atomic E-state index is -2.97. The lowest BCUT2D eigenvalue weighted by Crippen LogP contribution is -2.65. The van der Waals surface area contributed by atoms with E-state index >= 15 is 0 Å². The second kappa shape index (κ2) is 15.3. The minimum absolute atomic E-state index is 0.110. The van der Waals surface area contributed by atoms with Crippen molar-refractivity contribution in [2.45, 2.75) is 194 Å². The predicted octanol–water partition coefficient (Wildman–Crippen LogP) is 12.0. The highest BCUT2D eigenvalue weighted by Gasteiger charge is 2.57. The van der Waals surface area contributed by atoms with Crippen molar-refractivity contribution in [1.82, 2.24) is 0 Å². The molecule has 0 saturated carbocycles. The first-order chi connectivity index (χ1) is 17.6. The molecular weight excluding hydrogens is 577 g/mol. The molecule has 0 bridgehead atoms. The molecule has 0 spiro atoms. The Labute approximate surface area is 258 Å². The summed E-state index contributed by atoms with van der Waals surface area (Å²) in [5.41, 5.74) is 0. The fourth-order valence-corrected chi connectivity index (χ4v) is 22.6. The Hall–Kier alpha value is 0.924. The van der Waals surface area contributed by atoms with E-state index in [1.165, 1.54) is 44.6 Å². The van der Waals surface area contributed by atoms with E-state index in [1.807, 2.05) is 0 Å². The number of hydrogen-bond donors (Lipinski definition) is 0. The van der Waals surface area contributed by atoms with Crippen molar-refractivity contribution in [3.05, 3.63) is 0 Å². The molecule has 0 rings (SSSR count). The third-order valence-corrected chi connectivity index (χ3v) is 34.2. The van der Waals surface area contributed by atoms with Crippen molar-refractivity contribution in [3.8, 4) is 0 Å². The number of rotatable bonds is 18. The highest BCUT2D eigenvalue weighted by atomic mass is 28.5. The van der Waals surface area contributed by atoms with E-state index in [4.69, 9.17) is 16.8 Å². The lowest BCUT2D eigenvalue weighted by Gasteiger charge is -2.52. The van der Waals surface area contributed by atoms with Gasteiger partial charge in [0.15, 0.2) is 33.3 Å². The smallest absolute Gasteiger partial charge is 0.418 e. The normalized spacial score (nSPS) is 15.2. The van der Waals surface area contributed by atoms with Crippen LogP contribution in [0.25, 0.3) is 0 Å². The zero-order chi connectivity index (χ0) is 31.9. The van der Waals surface area contributed by atoms with Crippen LogP contribution in [0.4, 0.5) is 0 Å². The average Bonchev–Trinajstić information content (AvgIpc) is 2.68. The van der Waals surface area contributed by atoms with E-state index in [2.05, 4.69) is 122 Å². The SMILES string of the molecule is CCO[Si](C)(C)CCCCCCCCC[Si](O[Si](C)(C)C(C)(C)C)(O[Si](C)(C)C(C)(C)C)O[Si](C)(C)C(C)(C)C. The summed E-state index contributed by atoms with van der Waals surface area (Å²) in [5.74, 6) is 0. The van der Waals surface area contributed by atoms with Crippen molar-refractivity contribution < 1.29 is 16.8 Å². The maximum atomic E-state index is 7.46. The highest BCUT2D eigenvalue weighted by Crippen LogP contribution is 2.47. The Balaban J connectivity index is 5.76. The van der Waals surface area contributed by atoms with Crippen LogP contribution in [0, 0.1) is 0 Å². The monoisotopic (exact) mass is 650 g/mol. The Morgan fingerprint density at radius 3 is 0.975 bits per heavy atom. The van der Waals surface area contributed by atoms with Crippen LogP contribution < -0.4 is 0 Å². The van der Waals surface area contributed by atoms with Crippen LogP contribution in [-0.4, -0.2) is 48.7 Å². The Kier molecular flexibility index (Phi) is 15.6. The molecule has 9 heteroatoms. The molecular formula is C31H74O4Si5. The van der Waals surface area contributed by atoms with Gasteiger partial charge in [0.2, 0.25) is 0 Å². The van der Waals surface area contributed by atoms with E-state index in [0.717, 1.165) is 19.1 Å². The van der Waals surface area contributed by atoms with Gasteiger partial charge in [0.25, 0.3) is 0 Å². The van der Waals surface area contributed by atoms with Gasteiger partial charge in [-0.3, -0.25) is 0 Å². The van der Waals surface area contributed by atoms with Gasteiger partial charge in [-0.1, -0.05) is 101 Å². The minimum Gasteiger partial charge on any atom is -0.418 e. The second-order valence-corrected chi connectivity index (χ2v) is 39.6. The summed E-state index contributed by atoms with van der Waals surface area (Å²) in [6.45, 7) is 43.1. The van der Waals surface area contributed by atoms with Crippen molar-refractivity contribution in [1.29, 1.82) is 0 Å². The molecule has 0 aromatic rings. The van der Waals surface area contributed by atoms with E-state index in [0.29, 0.717) is 0 Å². The van der Waals surface area contributed by atoms with E-state index in [-0.39, 0.29) is 15.1 Å². The highest BCUT2D eigenvalue weighted by molar-refractivity contribution is 6.92. The third kappa shape index (κ3) is 13.7. The number of hydrogen-bond acceptors (Lipinski definition) is 4. The second-order valence-electron chi connectivity index (χ2n) is 17.4. The van der Waals surface area contributed by atoms with Gasteiger partial charge in [-0.25, -0.2) is 0 Å². The molecule has 0 aliphatic rings. The van der Waals surface area contributed by atoms with Gasteiger partial charge < -0.3 is 16.8 Å². The molecule has 0 aromatic carbocycles. The summed E-state index contributed by atoms with van der Waals surface area (Å²) in [7, 11) is -10.8. The summed E-state index contributed by atoms with van der Waals surface area (Å²) in [6.07, 6.45) is 8.96. The van der Waals surface area contributed by atoms with Gasteiger partial charge >= 0.3 is 8.80 Å². The standard InChI is InChI=1S/C31H74O4Si5/c1-19-32-36(11,12)27-25-23-21-20-22-24-26-28-40(33-37(13,14)29(2,3)4,34-38(15,16)30(5,6)7)35-39(17,18)31(8,9)10/h19-28H2,1-18H3. The van der Waals surface area contributed by atoms with Crippen LogP contribution in [-0.2, 0) is 16.8 Å². The Morgan fingerprint density at radius 2 is 0.700 bits per heavy atom. The molecule has 4 nitrogen and oxygen atoms in total. The summed E-state index contributed by atoms with van der Waals surface area (Å²) >= 11 is 0. The number of unbranched alkanes of at least 4 members (excludes halogenated alkanes) is 6. The molecule has 0 aliphatic heterocycles. The predicted molar refractivity (Wildman–Crippen MR) is 192 cm³/mol. The zero-order valence-electron chi connectivity index (χ0n) is 30.7. The lowest BCUT2D eigenvalue weighted by molar-refractivity contribution is 0.227. The van der Waals surface area contributed by atoms with Crippen molar-refractivity contribution in [2.75, 3.05) is 6.61 Å². The van der Waals surface area contributed by atoms with Gasteiger partial charge in [0.05, 0.1) is 0 Å². The van der Waals surface area contributed by atoms with Gasteiger partial charge in [-0.15, -0.1) is 0 Å². The van der Waals surface area contributed by atoms with E-state index < -0.39 is 42.1 Å². The Morgan fingerprint density at radius 1 is 0.425 bits per heavy atom. The first-order valence-corrected chi connectivity index (χ1v) is 30.2. The summed E-state index contributed by atoms with van der Waals surface area (Å²) in [6, 6.07) is 2.24. The van der Waals surface area contributed by atoms with Gasteiger partial charge in [-0.05, 0) is 86.9 Å². The average molecular weight is 651 g/mol. The van der Waals surface area contributed by atoms with E-state index in [1.54, 1.807) is 0 Å². The molecule has 0 amide bonds. The van der Waals surface area contributed by atoms with Gasteiger partial charge in [0.1, 0.15) is 0 Å². The van der Waals surface area contributed by atoms with Crippen molar-refractivity contribution in [3.63, 3.8) is 0 Å². The van der Waals surface area contributed by atoms with Crippen molar-refractivity contribution in [2.24, 2.45) is 0 Å². The van der Waals surface area contributed by atoms with Crippen LogP contribution in [0.15, 0.2) is 0 Å². The molecule has 0 heterocycles. The molecule has 0 aliphatic carbocycles. The van der Waals surface area contributed by atoms with Gasteiger partial charge in [-0.2, -0.15) is 0 Å². The first-order valence-electron chi connectivity index (χ1n) is 16.4. The maximum absolute atomic E-state index is 7.46. The van der Waals surface area contributed by atoms with E-state index in [9.17, 15) is 0 Å². The van der Waals surface area contributed by atoms with Crippen LogP contribution in [0.5, 0.6) is 0 Å². The van der Waals surface area contributed by atoms with Crippen LogP contribution >= 0.6 is 0 Å². The van der Waals surface area contributed by atoms with Crippen molar-refractivity contribution >= 4 is 42.1 Å². The molecule has 0 aromatic heterocycles. The molecule has 40 heavy (non-hydrogen) atoms. The molecule has 0 atom stereocenters. The lowest BCUT2D eigenvalue weighted by atomic mass is 10.1. The van der Waals surface area contributed by atoms with Crippen LogP contribution in [0.3, 0.4) is 0 Å². The molecule has 0 fully saturated rings. The third-order valence-electron chi connectivity index (χ3n) is 9.95. The maximum Gasteiger partial charge on any atom is 0.469 e. The van der Waals surface area contributed by atoms with Crippen LogP contribution in [0.2, 0.25) is 79.6 Å². The molecule has 0 N–H and O–H groups in total. The summed E-state index contributed by atoms with van der Waals surface area (Å²) in [5, 5.41) is 0.329. The van der Waals surface area contributed by atoms with Gasteiger partial charge in [0, 0.05) is 12.7 Å².